The van der Waals surface area contributed by atoms with Crippen molar-refractivity contribution in [2.75, 3.05) is 6.61 Å². The molecule has 5 heteroatoms. The van der Waals surface area contributed by atoms with E-state index in [1.165, 1.54) is 6.08 Å². The highest BCUT2D eigenvalue weighted by molar-refractivity contribution is 5.95. The number of amides is 2. The average molecular weight is 392 g/mol. The second-order valence-electron chi connectivity index (χ2n) is 7.47. The third-order valence-corrected chi connectivity index (χ3v) is 5.21. The lowest BCUT2D eigenvalue weighted by Crippen LogP contribution is -2.58. The summed E-state index contributed by atoms with van der Waals surface area (Å²) in [6.07, 6.45) is 3.01. The maximum absolute atomic E-state index is 13.1. The zero-order chi connectivity index (χ0) is 20.8. The molecule has 1 heterocycles. The first-order valence-electron chi connectivity index (χ1n) is 9.99. The van der Waals surface area contributed by atoms with Crippen LogP contribution in [0.15, 0.2) is 66.7 Å². The first-order valence-corrected chi connectivity index (χ1v) is 9.99. The van der Waals surface area contributed by atoms with Crippen molar-refractivity contribution in [2.45, 2.75) is 45.0 Å². The summed E-state index contributed by atoms with van der Waals surface area (Å²) < 4.78 is 6.02. The highest BCUT2D eigenvalue weighted by Crippen LogP contribution is 2.31. The highest BCUT2D eigenvalue weighted by Gasteiger charge is 2.38. The van der Waals surface area contributed by atoms with Crippen LogP contribution in [0.4, 0.5) is 0 Å². The monoisotopic (exact) mass is 392 g/mol. The van der Waals surface area contributed by atoms with Gasteiger partial charge in [-0.05, 0) is 38.0 Å². The van der Waals surface area contributed by atoms with Gasteiger partial charge < -0.3 is 15.0 Å². The maximum atomic E-state index is 13.1. The summed E-state index contributed by atoms with van der Waals surface area (Å²) in [6, 6.07) is 18.7. The van der Waals surface area contributed by atoms with Gasteiger partial charge in [0, 0.05) is 6.08 Å². The van der Waals surface area contributed by atoms with Gasteiger partial charge >= 0.3 is 0 Å². The molecule has 2 aromatic rings. The smallest absolute Gasteiger partial charge is 0.245 e. The summed E-state index contributed by atoms with van der Waals surface area (Å²) in [4.78, 5) is 27.2. The van der Waals surface area contributed by atoms with E-state index in [2.05, 4.69) is 5.32 Å². The Labute approximate surface area is 172 Å². The number of hydrogen-bond donors (Lipinski definition) is 1. The molecule has 3 rings (SSSR count). The van der Waals surface area contributed by atoms with E-state index in [4.69, 9.17) is 4.74 Å². The van der Waals surface area contributed by atoms with Crippen molar-refractivity contribution in [2.24, 2.45) is 0 Å². The molecule has 29 heavy (non-hydrogen) atoms. The first kappa shape index (κ1) is 20.8. The highest BCUT2D eigenvalue weighted by atomic mass is 16.5. The molecule has 0 bridgehead atoms. The topological polar surface area (TPSA) is 58.6 Å². The van der Waals surface area contributed by atoms with E-state index in [-0.39, 0.29) is 30.0 Å². The van der Waals surface area contributed by atoms with Crippen LogP contribution in [-0.4, -0.2) is 41.4 Å². The van der Waals surface area contributed by atoms with E-state index >= 15 is 0 Å². The average Bonchev–Trinajstić information content (AvgIpc) is 2.73. The van der Waals surface area contributed by atoms with Gasteiger partial charge in [-0.15, -0.1) is 0 Å². The summed E-state index contributed by atoms with van der Waals surface area (Å²) in [5.74, 6) is -0.390. The molecule has 5 nitrogen and oxygen atoms in total. The Bertz CT molecular complexity index is 851. The van der Waals surface area contributed by atoms with Crippen molar-refractivity contribution in [3.63, 3.8) is 0 Å². The molecule has 2 amide bonds. The molecule has 152 valence electrons. The number of nitrogens with one attached hydrogen (secondary N) is 1. The largest absolute Gasteiger partial charge is 0.369 e. The molecule has 0 aliphatic carbocycles. The second-order valence-corrected chi connectivity index (χ2v) is 7.47. The van der Waals surface area contributed by atoms with Crippen LogP contribution in [0.2, 0.25) is 0 Å². The van der Waals surface area contributed by atoms with Gasteiger partial charge in [-0.25, -0.2) is 0 Å². The van der Waals surface area contributed by atoms with Crippen molar-refractivity contribution in [1.29, 1.82) is 0 Å². The van der Waals surface area contributed by atoms with E-state index in [9.17, 15) is 9.59 Å². The minimum atomic E-state index is -0.623. The minimum absolute atomic E-state index is 0.0586. The Morgan fingerprint density at radius 2 is 1.69 bits per heavy atom. The zero-order valence-electron chi connectivity index (χ0n) is 17.1. The van der Waals surface area contributed by atoms with Crippen LogP contribution in [-0.2, 0) is 14.3 Å². The van der Waals surface area contributed by atoms with Gasteiger partial charge in [0.15, 0.2) is 0 Å². The van der Waals surface area contributed by atoms with Crippen molar-refractivity contribution in [1.82, 2.24) is 10.2 Å². The SMILES string of the molecule is CC(NC(=O)/C=C/c1ccccc1)C(=O)N1C(C)COC(c2ccccc2)C1C. The van der Waals surface area contributed by atoms with Gasteiger partial charge in [0.05, 0.1) is 18.7 Å². The number of benzene rings is 2. The quantitative estimate of drug-likeness (QED) is 0.792. The zero-order valence-corrected chi connectivity index (χ0v) is 17.1. The lowest BCUT2D eigenvalue weighted by molar-refractivity contribution is -0.155. The van der Waals surface area contributed by atoms with Crippen LogP contribution in [0.1, 0.15) is 38.0 Å². The fourth-order valence-electron chi connectivity index (χ4n) is 3.73. The normalized spacial score (nSPS) is 23.0. The summed E-state index contributed by atoms with van der Waals surface area (Å²) in [5, 5.41) is 2.79. The number of carbonyl (C=O) groups is 2. The van der Waals surface area contributed by atoms with Gasteiger partial charge in [-0.3, -0.25) is 9.59 Å². The standard InChI is InChI=1S/C24H28N2O3/c1-17-16-29-23(21-12-8-5-9-13-21)19(3)26(17)24(28)18(2)25-22(27)15-14-20-10-6-4-7-11-20/h4-15,17-19,23H,16H2,1-3H3,(H,25,27)/b15-14+. The van der Waals surface area contributed by atoms with Gasteiger partial charge in [0.2, 0.25) is 11.8 Å². The molecule has 1 N–H and O–H groups in total. The summed E-state index contributed by atoms with van der Waals surface area (Å²) in [6.45, 7) is 6.15. The van der Waals surface area contributed by atoms with Gasteiger partial charge in [-0.1, -0.05) is 60.7 Å². The lowest BCUT2D eigenvalue weighted by Gasteiger charge is -2.44. The van der Waals surface area contributed by atoms with Crippen LogP contribution in [0.3, 0.4) is 0 Å². The Morgan fingerprint density at radius 3 is 2.34 bits per heavy atom. The number of ether oxygens (including phenoxy) is 1. The van der Waals surface area contributed by atoms with Gasteiger partial charge in [-0.2, -0.15) is 0 Å². The van der Waals surface area contributed by atoms with Crippen LogP contribution >= 0.6 is 0 Å². The molecule has 1 fully saturated rings. The Balaban J connectivity index is 1.65. The molecule has 4 unspecified atom stereocenters. The molecule has 0 aromatic heterocycles. The molecule has 0 saturated carbocycles. The van der Waals surface area contributed by atoms with E-state index < -0.39 is 6.04 Å². The van der Waals surface area contributed by atoms with Crippen LogP contribution in [0.5, 0.6) is 0 Å². The van der Waals surface area contributed by atoms with Crippen molar-refractivity contribution >= 4 is 17.9 Å². The summed E-state index contributed by atoms with van der Waals surface area (Å²) in [7, 11) is 0. The Morgan fingerprint density at radius 1 is 1.07 bits per heavy atom. The van der Waals surface area contributed by atoms with Crippen molar-refractivity contribution in [3.8, 4) is 0 Å². The van der Waals surface area contributed by atoms with Gasteiger partial charge in [0.1, 0.15) is 12.1 Å². The molecular weight excluding hydrogens is 364 g/mol. The molecule has 4 atom stereocenters. The number of hydrogen-bond acceptors (Lipinski definition) is 3. The van der Waals surface area contributed by atoms with Crippen molar-refractivity contribution in [3.05, 3.63) is 77.9 Å². The third kappa shape index (κ3) is 5.12. The molecule has 0 spiro atoms. The molecule has 0 radical (unpaired) electrons. The summed E-state index contributed by atoms with van der Waals surface area (Å²) >= 11 is 0. The number of morpholine rings is 1. The maximum Gasteiger partial charge on any atom is 0.245 e. The van der Waals surface area contributed by atoms with E-state index in [1.807, 2.05) is 79.4 Å². The molecule has 1 aliphatic heterocycles. The van der Waals surface area contributed by atoms with Crippen LogP contribution in [0, 0.1) is 0 Å². The van der Waals surface area contributed by atoms with Crippen molar-refractivity contribution < 1.29 is 14.3 Å². The van der Waals surface area contributed by atoms with Gasteiger partial charge in [0.25, 0.3) is 0 Å². The van der Waals surface area contributed by atoms with E-state index in [0.29, 0.717) is 6.61 Å². The van der Waals surface area contributed by atoms with E-state index in [1.54, 1.807) is 13.0 Å². The molecular formula is C24H28N2O3. The first-order chi connectivity index (χ1) is 14.0. The number of carbonyl (C=O) groups excluding carboxylic acids is 2. The fraction of sp³-hybridized carbons (Fsp3) is 0.333. The Kier molecular flexibility index (Phi) is 6.83. The lowest BCUT2D eigenvalue weighted by atomic mass is 9.98. The molecule has 1 aliphatic rings. The third-order valence-electron chi connectivity index (χ3n) is 5.21. The molecule has 2 aromatic carbocycles. The summed E-state index contributed by atoms with van der Waals surface area (Å²) in [5.41, 5.74) is 1.98. The number of rotatable bonds is 5. The van der Waals surface area contributed by atoms with E-state index in [0.717, 1.165) is 11.1 Å². The second kappa shape index (κ2) is 9.52. The predicted octanol–water partition coefficient (Wildman–Crippen LogP) is 3.58. The van der Waals surface area contributed by atoms with Crippen LogP contribution in [0.25, 0.3) is 6.08 Å². The predicted molar refractivity (Wildman–Crippen MR) is 114 cm³/mol. The molecule has 1 saturated heterocycles. The number of nitrogens with zero attached hydrogens (tertiary/aromatic N) is 1. The van der Waals surface area contributed by atoms with Crippen LogP contribution < -0.4 is 5.32 Å². The minimum Gasteiger partial charge on any atom is -0.369 e. The Hall–Kier alpha value is -2.92. The fourth-order valence-corrected chi connectivity index (χ4v) is 3.73.